The first-order chi connectivity index (χ1) is 16.9. The lowest BCUT2D eigenvalue weighted by Crippen LogP contribution is -2.71. The van der Waals surface area contributed by atoms with Crippen molar-refractivity contribution in [1.82, 2.24) is 29.5 Å². The zero-order valence-electron chi connectivity index (χ0n) is 17.6. The second-order valence-corrected chi connectivity index (χ2v) is 11.1. The van der Waals surface area contributed by atoms with Gasteiger partial charge >= 0.3 is 5.97 Å². The molecule has 0 saturated carbocycles. The molecular formula is C18H14N8O5S4. The van der Waals surface area contributed by atoms with E-state index in [-0.39, 0.29) is 22.4 Å². The highest BCUT2D eigenvalue weighted by Crippen LogP contribution is 2.46. The number of thioether (sulfide) groups is 2. The Morgan fingerprint density at radius 3 is 2.91 bits per heavy atom. The molecule has 2 amide bonds. The molecule has 2 aliphatic rings. The third-order valence-electron chi connectivity index (χ3n) is 4.83. The number of oxime groups is 1. The van der Waals surface area contributed by atoms with Crippen LogP contribution in [0.1, 0.15) is 5.82 Å². The van der Waals surface area contributed by atoms with Gasteiger partial charge in [0.25, 0.3) is 11.8 Å². The number of pyridine rings is 1. The molecule has 4 N–H and O–H groups in total. The normalized spacial score (nSPS) is 20.0. The van der Waals surface area contributed by atoms with Gasteiger partial charge in [-0.1, -0.05) is 28.3 Å². The van der Waals surface area contributed by atoms with Gasteiger partial charge in [-0.3, -0.25) is 14.5 Å². The Bertz CT molecular complexity index is 1390. The van der Waals surface area contributed by atoms with E-state index in [1.54, 1.807) is 12.3 Å². The maximum absolute atomic E-state index is 13.0. The molecule has 5 rings (SSSR count). The number of β-lactam (4-membered cyclic amide) rings is 1. The van der Waals surface area contributed by atoms with E-state index < -0.39 is 29.2 Å². The molecule has 3 aromatic heterocycles. The maximum Gasteiger partial charge on any atom is 0.353 e. The SMILES string of the molecule is CO/N=C(\C(=O)NC1C(=O)N2C(C(=O)O)=C(Sc3nc4cccnc4s3)CSC12)c1nsc(N)n1. The average molecular weight is 551 g/mol. The molecular weight excluding hydrogens is 537 g/mol. The summed E-state index contributed by atoms with van der Waals surface area (Å²) in [6.07, 6.45) is 1.66. The fourth-order valence-corrected chi connectivity index (χ4v) is 7.44. The highest BCUT2D eigenvalue weighted by molar-refractivity contribution is 8.07. The zero-order chi connectivity index (χ0) is 24.7. The Balaban J connectivity index is 1.36. The van der Waals surface area contributed by atoms with Crippen molar-refractivity contribution in [2.75, 3.05) is 18.6 Å². The molecule has 0 aliphatic carbocycles. The van der Waals surface area contributed by atoms with Crippen molar-refractivity contribution in [2.45, 2.75) is 15.8 Å². The molecule has 0 radical (unpaired) electrons. The molecule has 17 heteroatoms. The number of nitrogens with one attached hydrogen (secondary N) is 1. The molecule has 0 bridgehead atoms. The smallest absolute Gasteiger partial charge is 0.353 e. The number of aliphatic carboxylic acids is 1. The highest BCUT2D eigenvalue weighted by Gasteiger charge is 2.54. The molecule has 0 spiro atoms. The minimum atomic E-state index is -1.24. The number of rotatable bonds is 7. The maximum atomic E-state index is 13.0. The lowest BCUT2D eigenvalue weighted by Gasteiger charge is -2.49. The van der Waals surface area contributed by atoms with E-state index in [0.29, 0.717) is 20.5 Å². The molecule has 2 unspecified atom stereocenters. The van der Waals surface area contributed by atoms with Crippen molar-refractivity contribution in [1.29, 1.82) is 0 Å². The summed E-state index contributed by atoms with van der Waals surface area (Å²) < 4.78 is 4.57. The van der Waals surface area contributed by atoms with Crippen LogP contribution in [0.5, 0.6) is 0 Å². The van der Waals surface area contributed by atoms with Crippen LogP contribution in [-0.4, -0.2) is 77.1 Å². The number of carbonyl (C=O) groups excluding carboxylic acids is 2. The summed E-state index contributed by atoms with van der Waals surface area (Å²) in [4.78, 5) is 57.6. The number of thiazole rings is 1. The van der Waals surface area contributed by atoms with Crippen molar-refractivity contribution in [3.8, 4) is 0 Å². The van der Waals surface area contributed by atoms with Crippen LogP contribution in [0.2, 0.25) is 0 Å². The number of amides is 2. The van der Waals surface area contributed by atoms with Crippen LogP contribution < -0.4 is 11.1 Å². The van der Waals surface area contributed by atoms with E-state index in [4.69, 9.17) is 10.6 Å². The van der Waals surface area contributed by atoms with Crippen LogP contribution in [0.25, 0.3) is 10.3 Å². The topological polar surface area (TPSA) is 186 Å². The third-order valence-corrected chi connectivity index (χ3v) is 8.96. The molecule has 0 aromatic carbocycles. The molecule has 2 atom stereocenters. The molecule has 2 aliphatic heterocycles. The number of hydrogen-bond donors (Lipinski definition) is 3. The molecule has 3 aromatic rings. The monoisotopic (exact) mass is 550 g/mol. The van der Waals surface area contributed by atoms with Gasteiger partial charge in [0.2, 0.25) is 11.5 Å². The van der Waals surface area contributed by atoms with Gasteiger partial charge in [-0.15, -0.1) is 11.8 Å². The van der Waals surface area contributed by atoms with Crippen LogP contribution >= 0.6 is 46.4 Å². The predicted octanol–water partition coefficient (Wildman–Crippen LogP) is 0.964. The lowest BCUT2D eigenvalue weighted by molar-refractivity contribution is -0.150. The van der Waals surface area contributed by atoms with Crippen molar-refractivity contribution >= 4 is 85.4 Å². The Labute approximate surface area is 213 Å². The number of carbonyl (C=O) groups is 3. The predicted molar refractivity (Wildman–Crippen MR) is 131 cm³/mol. The number of fused-ring (bicyclic) bond motifs is 2. The van der Waals surface area contributed by atoms with Crippen molar-refractivity contribution in [2.24, 2.45) is 5.16 Å². The standard InChI is InChI=1S/C18H14N8O5S4/c1-31-24-8(11-23-17(19)35-25-11)12(27)22-9-14(28)26-10(16(29)30)7(5-32-15(9)26)33-18-21-6-3-2-4-20-13(6)34-18/h2-4,9,15H,5H2,1H3,(H,22,27)(H,29,30)(H2,19,23,25)/b24-8-. The van der Waals surface area contributed by atoms with Crippen molar-refractivity contribution < 1.29 is 24.3 Å². The summed E-state index contributed by atoms with van der Waals surface area (Å²) in [5.41, 5.74) is 5.92. The number of nitrogens with zero attached hydrogens (tertiary/aromatic N) is 6. The second-order valence-electron chi connectivity index (χ2n) is 6.93. The minimum absolute atomic E-state index is 0.0399. The molecule has 1 saturated heterocycles. The van der Waals surface area contributed by atoms with E-state index in [9.17, 15) is 19.5 Å². The highest BCUT2D eigenvalue weighted by atomic mass is 32.2. The first-order valence-electron chi connectivity index (χ1n) is 9.69. The fourth-order valence-electron chi connectivity index (χ4n) is 3.38. The summed E-state index contributed by atoms with van der Waals surface area (Å²) in [6.45, 7) is 0. The van der Waals surface area contributed by atoms with Gasteiger partial charge in [-0.05, 0) is 12.1 Å². The van der Waals surface area contributed by atoms with Crippen LogP contribution in [0, 0.1) is 0 Å². The van der Waals surface area contributed by atoms with Gasteiger partial charge < -0.3 is 21.0 Å². The average Bonchev–Trinajstić information content (AvgIpc) is 3.45. The van der Waals surface area contributed by atoms with E-state index in [0.717, 1.165) is 16.4 Å². The van der Waals surface area contributed by atoms with Gasteiger partial charge in [0.05, 0.1) is 0 Å². The van der Waals surface area contributed by atoms with E-state index in [2.05, 4.69) is 29.8 Å². The molecule has 180 valence electrons. The lowest BCUT2D eigenvalue weighted by atomic mass is 10.0. The number of anilines is 1. The molecule has 1 fully saturated rings. The van der Waals surface area contributed by atoms with Crippen molar-refractivity contribution in [3.63, 3.8) is 0 Å². The van der Waals surface area contributed by atoms with Gasteiger partial charge in [-0.25, -0.2) is 14.8 Å². The molecule has 13 nitrogen and oxygen atoms in total. The van der Waals surface area contributed by atoms with Gasteiger partial charge in [0.1, 0.15) is 34.6 Å². The van der Waals surface area contributed by atoms with Crippen LogP contribution in [0.3, 0.4) is 0 Å². The van der Waals surface area contributed by atoms with Crippen LogP contribution in [0.15, 0.2) is 38.4 Å². The number of carboxylic acids is 1. The van der Waals surface area contributed by atoms with E-state index in [1.807, 2.05) is 6.07 Å². The summed E-state index contributed by atoms with van der Waals surface area (Å²) in [5.74, 6) is -2.26. The van der Waals surface area contributed by atoms with Crippen LogP contribution in [0.4, 0.5) is 5.13 Å². The molecule has 35 heavy (non-hydrogen) atoms. The number of hydrogen-bond acceptors (Lipinski definition) is 14. The Kier molecular flexibility index (Phi) is 6.30. The van der Waals surface area contributed by atoms with Gasteiger partial charge in [0.15, 0.2) is 9.47 Å². The fraction of sp³-hybridized carbons (Fsp3) is 0.222. The van der Waals surface area contributed by atoms with Gasteiger partial charge in [0, 0.05) is 28.4 Å². The summed E-state index contributed by atoms with van der Waals surface area (Å²) in [5, 5.41) is 15.7. The molecule has 5 heterocycles. The number of nitrogen functional groups attached to an aromatic ring is 1. The van der Waals surface area contributed by atoms with Crippen molar-refractivity contribution in [3.05, 3.63) is 34.8 Å². The zero-order valence-corrected chi connectivity index (χ0v) is 20.8. The summed E-state index contributed by atoms with van der Waals surface area (Å²) >= 11 is 4.75. The largest absolute Gasteiger partial charge is 0.477 e. The Morgan fingerprint density at radius 1 is 1.40 bits per heavy atom. The third kappa shape index (κ3) is 4.30. The quantitative estimate of drug-likeness (QED) is 0.215. The van der Waals surface area contributed by atoms with E-state index >= 15 is 0 Å². The Hall–Kier alpha value is -3.28. The first kappa shape index (κ1) is 23.5. The first-order valence-corrected chi connectivity index (χ1v) is 13.1. The number of nitrogens with two attached hydrogens (primary N) is 1. The van der Waals surface area contributed by atoms with Gasteiger partial charge in [-0.2, -0.15) is 9.36 Å². The Morgan fingerprint density at radius 2 is 2.23 bits per heavy atom. The summed E-state index contributed by atoms with van der Waals surface area (Å²) in [7, 11) is 1.25. The second kappa shape index (κ2) is 9.40. The number of aromatic nitrogens is 4. The number of carboxylic acid groups (broad SMARTS) is 1. The minimum Gasteiger partial charge on any atom is -0.477 e. The summed E-state index contributed by atoms with van der Waals surface area (Å²) in [6, 6.07) is 2.64. The van der Waals surface area contributed by atoms with Crippen LogP contribution in [-0.2, 0) is 19.2 Å². The van der Waals surface area contributed by atoms with E-state index in [1.165, 1.54) is 46.9 Å².